The summed E-state index contributed by atoms with van der Waals surface area (Å²) in [4.78, 5) is 0. The molecule has 0 spiro atoms. The lowest BCUT2D eigenvalue weighted by atomic mass is 10.3. The standard InChI is InChI=1S/C22H46NO4/c1-3-5-15-24-19-11-21-26-17-9-7-13-23-14-8-10-18-27-22-12-20-25-16-6-4-2/h3-22H2,1-2H3. The van der Waals surface area contributed by atoms with E-state index in [4.69, 9.17) is 18.9 Å². The second kappa shape index (κ2) is 25.8. The molecule has 0 amide bonds. The van der Waals surface area contributed by atoms with Gasteiger partial charge in [-0.15, -0.1) is 0 Å². The van der Waals surface area contributed by atoms with Crippen LogP contribution in [0.15, 0.2) is 0 Å². The van der Waals surface area contributed by atoms with Crippen molar-refractivity contribution in [3.63, 3.8) is 0 Å². The van der Waals surface area contributed by atoms with Crippen LogP contribution < -0.4 is 5.32 Å². The third-order valence-electron chi connectivity index (χ3n) is 4.15. The molecule has 0 fully saturated rings. The Morgan fingerprint density at radius 1 is 0.407 bits per heavy atom. The zero-order valence-corrected chi connectivity index (χ0v) is 18.2. The van der Waals surface area contributed by atoms with Crippen molar-refractivity contribution in [1.82, 2.24) is 5.32 Å². The van der Waals surface area contributed by atoms with Crippen LogP contribution in [0.4, 0.5) is 0 Å². The van der Waals surface area contributed by atoms with E-state index < -0.39 is 0 Å². The maximum absolute atomic E-state index is 5.61. The Hall–Kier alpha value is -0.200. The van der Waals surface area contributed by atoms with Gasteiger partial charge in [-0.1, -0.05) is 26.7 Å². The summed E-state index contributed by atoms with van der Waals surface area (Å²) in [6, 6.07) is 0. The minimum absolute atomic E-state index is 0.814. The maximum Gasteiger partial charge on any atom is 0.0487 e. The second-order valence-electron chi connectivity index (χ2n) is 6.95. The molecule has 1 radical (unpaired) electrons. The van der Waals surface area contributed by atoms with Gasteiger partial charge in [0.25, 0.3) is 0 Å². The minimum Gasteiger partial charge on any atom is -0.381 e. The first-order valence-corrected chi connectivity index (χ1v) is 11.4. The fraction of sp³-hybridized carbons (Fsp3) is 1.00. The molecule has 27 heavy (non-hydrogen) atoms. The SMILES string of the molecule is CCCCOCCCOCCCC[N]CCCCOCCCOCCCC. The van der Waals surface area contributed by atoms with Crippen LogP contribution in [-0.2, 0) is 18.9 Å². The first-order valence-electron chi connectivity index (χ1n) is 11.4. The summed E-state index contributed by atoms with van der Waals surface area (Å²) in [7, 11) is 0. The quantitative estimate of drug-likeness (QED) is 0.227. The summed E-state index contributed by atoms with van der Waals surface area (Å²) in [5.74, 6) is 0. The molecule has 0 unspecified atom stereocenters. The topological polar surface area (TPSA) is 51.0 Å². The van der Waals surface area contributed by atoms with Crippen molar-refractivity contribution in [3.05, 3.63) is 0 Å². The lowest BCUT2D eigenvalue weighted by Crippen LogP contribution is -2.11. The molecule has 0 bridgehead atoms. The van der Waals surface area contributed by atoms with Gasteiger partial charge in [-0.25, -0.2) is 5.32 Å². The maximum atomic E-state index is 5.61. The second-order valence-corrected chi connectivity index (χ2v) is 6.95. The zero-order valence-electron chi connectivity index (χ0n) is 18.2. The molecule has 5 nitrogen and oxygen atoms in total. The highest BCUT2D eigenvalue weighted by Crippen LogP contribution is 1.95. The van der Waals surface area contributed by atoms with Crippen LogP contribution in [0.5, 0.6) is 0 Å². The monoisotopic (exact) mass is 388 g/mol. The van der Waals surface area contributed by atoms with Gasteiger partial charge in [0, 0.05) is 65.9 Å². The summed E-state index contributed by atoms with van der Waals surface area (Å²) in [5, 5.41) is 4.57. The Labute approximate surface area is 168 Å². The van der Waals surface area contributed by atoms with E-state index in [1.54, 1.807) is 0 Å². The van der Waals surface area contributed by atoms with Gasteiger partial charge in [-0.05, 0) is 51.4 Å². The Balaban J connectivity index is 2.95. The molecule has 163 valence electrons. The molecule has 0 N–H and O–H groups in total. The molecule has 0 aromatic carbocycles. The number of hydrogen-bond donors (Lipinski definition) is 0. The molecular formula is C22H46NO4. The molecule has 0 atom stereocenters. The largest absolute Gasteiger partial charge is 0.381 e. The molecule has 0 heterocycles. The molecule has 0 saturated carbocycles. The molecule has 0 aromatic rings. The van der Waals surface area contributed by atoms with Crippen molar-refractivity contribution in [1.29, 1.82) is 0 Å². The van der Waals surface area contributed by atoms with E-state index in [-0.39, 0.29) is 0 Å². The van der Waals surface area contributed by atoms with Gasteiger partial charge < -0.3 is 18.9 Å². The average Bonchev–Trinajstić information content (AvgIpc) is 2.68. The lowest BCUT2D eigenvalue weighted by Gasteiger charge is -2.06. The summed E-state index contributed by atoms with van der Waals surface area (Å²) in [5.41, 5.74) is 0. The lowest BCUT2D eigenvalue weighted by molar-refractivity contribution is 0.0798. The average molecular weight is 389 g/mol. The summed E-state index contributed by atoms with van der Waals surface area (Å²) in [6.45, 7) is 13.0. The molecule has 0 aliphatic heterocycles. The molecule has 0 aromatic heterocycles. The van der Waals surface area contributed by atoms with Gasteiger partial charge in [0.2, 0.25) is 0 Å². The summed E-state index contributed by atoms with van der Waals surface area (Å²) >= 11 is 0. The molecular weight excluding hydrogens is 342 g/mol. The predicted octanol–water partition coefficient (Wildman–Crippen LogP) is 4.60. The molecule has 0 rings (SSSR count). The van der Waals surface area contributed by atoms with Gasteiger partial charge in [0.15, 0.2) is 0 Å². The molecule has 0 aliphatic carbocycles. The fourth-order valence-electron chi connectivity index (χ4n) is 2.39. The van der Waals surface area contributed by atoms with Crippen molar-refractivity contribution < 1.29 is 18.9 Å². The van der Waals surface area contributed by atoms with Gasteiger partial charge >= 0.3 is 0 Å². The number of ether oxygens (including phenoxy) is 4. The van der Waals surface area contributed by atoms with Crippen LogP contribution in [0.2, 0.25) is 0 Å². The molecule has 5 heteroatoms. The highest BCUT2D eigenvalue weighted by molar-refractivity contribution is 4.49. The van der Waals surface area contributed by atoms with Crippen LogP contribution in [0.25, 0.3) is 0 Å². The Morgan fingerprint density at radius 2 is 0.741 bits per heavy atom. The van der Waals surface area contributed by atoms with Crippen LogP contribution in [0.1, 0.15) is 78.1 Å². The highest BCUT2D eigenvalue weighted by atomic mass is 16.5. The van der Waals surface area contributed by atoms with Crippen molar-refractivity contribution >= 4 is 0 Å². The first-order chi connectivity index (χ1) is 13.4. The Bertz CT molecular complexity index is 230. The van der Waals surface area contributed by atoms with Gasteiger partial charge in [0.05, 0.1) is 0 Å². The fourth-order valence-corrected chi connectivity index (χ4v) is 2.39. The van der Waals surface area contributed by atoms with Crippen molar-refractivity contribution in [2.75, 3.05) is 65.9 Å². The Morgan fingerprint density at radius 3 is 1.11 bits per heavy atom. The van der Waals surface area contributed by atoms with Gasteiger partial charge in [0.1, 0.15) is 0 Å². The van der Waals surface area contributed by atoms with Crippen LogP contribution in [0.3, 0.4) is 0 Å². The van der Waals surface area contributed by atoms with Crippen molar-refractivity contribution in [2.45, 2.75) is 78.1 Å². The van der Waals surface area contributed by atoms with E-state index in [1.165, 1.54) is 12.8 Å². The first kappa shape index (κ1) is 26.8. The van der Waals surface area contributed by atoms with Gasteiger partial charge in [-0.2, -0.15) is 0 Å². The summed E-state index contributed by atoms with van der Waals surface area (Å²) < 4.78 is 22.2. The third kappa shape index (κ3) is 25.8. The molecule has 0 saturated heterocycles. The summed E-state index contributed by atoms with van der Waals surface area (Å²) in [6.07, 6.45) is 11.2. The Kier molecular flexibility index (Phi) is 25.6. The van der Waals surface area contributed by atoms with Crippen molar-refractivity contribution in [3.8, 4) is 0 Å². The molecule has 0 aliphatic rings. The van der Waals surface area contributed by atoms with Gasteiger partial charge in [-0.3, -0.25) is 0 Å². The number of hydrogen-bond acceptors (Lipinski definition) is 4. The third-order valence-corrected chi connectivity index (χ3v) is 4.15. The van der Waals surface area contributed by atoms with E-state index in [9.17, 15) is 0 Å². The van der Waals surface area contributed by atoms with E-state index >= 15 is 0 Å². The predicted molar refractivity (Wildman–Crippen MR) is 113 cm³/mol. The van der Waals surface area contributed by atoms with E-state index in [2.05, 4.69) is 19.2 Å². The smallest absolute Gasteiger partial charge is 0.0487 e. The van der Waals surface area contributed by atoms with E-state index in [1.807, 2.05) is 0 Å². The van der Waals surface area contributed by atoms with E-state index in [0.29, 0.717) is 0 Å². The van der Waals surface area contributed by atoms with Crippen LogP contribution in [-0.4, -0.2) is 65.9 Å². The minimum atomic E-state index is 0.814. The zero-order chi connectivity index (χ0) is 19.7. The normalized spacial score (nSPS) is 11.3. The van der Waals surface area contributed by atoms with E-state index in [0.717, 1.165) is 117 Å². The number of nitrogens with zero attached hydrogens (tertiary/aromatic N) is 1. The highest BCUT2D eigenvalue weighted by Gasteiger charge is 1.95. The van der Waals surface area contributed by atoms with Crippen LogP contribution in [0, 0.1) is 0 Å². The van der Waals surface area contributed by atoms with Crippen molar-refractivity contribution in [2.24, 2.45) is 0 Å². The number of unbranched alkanes of at least 4 members (excludes halogenated alkanes) is 4. The van der Waals surface area contributed by atoms with Crippen LogP contribution >= 0.6 is 0 Å². The number of rotatable bonds is 24.